The zero-order valence-electron chi connectivity index (χ0n) is 12.8. The van der Waals surface area contributed by atoms with Crippen LogP contribution in [0.2, 0.25) is 0 Å². The molecule has 1 heterocycles. The van der Waals surface area contributed by atoms with Crippen molar-refractivity contribution < 1.29 is 19.4 Å². The molecule has 2 aromatic carbocycles. The van der Waals surface area contributed by atoms with Crippen molar-refractivity contribution in [3.8, 4) is 5.75 Å². The van der Waals surface area contributed by atoms with Gasteiger partial charge in [0, 0.05) is 17.4 Å². The summed E-state index contributed by atoms with van der Waals surface area (Å²) >= 11 is 3.33. The van der Waals surface area contributed by atoms with Crippen molar-refractivity contribution in [1.82, 2.24) is 4.90 Å². The van der Waals surface area contributed by atoms with E-state index < -0.39 is 12.0 Å². The molecular formula is C18H16BrNO4. The van der Waals surface area contributed by atoms with E-state index in [4.69, 9.17) is 4.74 Å². The first-order valence-corrected chi connectivity index (χ1v) is 8.31. The fourth-order valence-corrected chi connectivity index (χ4v) is 3.03. The number of carbonyl (C=O) groups excluding carboxylic acids is 1. The Labute approximate surface area is 148 Å². The van der Waals surface area contributed by atoms with E-state index in [2.05, 4.69) is 15.9 Å². The van der Waals surface area contributed by atoms with Crippen LogP contribution in [0.15, 0.2) is 53.0 Å². The van der Waals surface area contributed by atoms with Crippen molar-refractivity contribution >= 4 is 27.8 Å². The lowest BCUT2D eigenvalue weighted by atomic mass is 9.94. The van der Waals surface area contributed by atoms with E-state index >= 15 is 0 Å². The lowest BCUT2D eigenvalue weighted by Gasteiger charge is -2.34. The predicted molar refractivity (Wildman–Crippen MR) is 91.8 cm³/mol. The van der Waals surface area contributed by atoms with Gasteiger partial charge in [0.15, 0.2) is 6.61 Å². The van der Waals surface area contributed by atoms with Crippen LogP contribution < -0.4 is 4.74 Å². The highest BCUT2D eigenvalue weighted by atomic mass is 79.9. The number of ether oxygens (including phenoxy) is 1. The Morgan fingerprint density at radius 2 is 1.79 bits per heavy atom. The van der Waals surface area contributed by atoms with Gasteiger partial charge < -0.3 is 14.7 Å². The van der Waals surface area contributed by atoms with E-state index in [1.165, 1.54) is 4.90 Å². The van der Waals surface area contributed by atoms with Crippen LogP contribution in [0.3, 0.4) is 0 Å². The number of hydrogen-bond donors (Lipinski definition) is 1. The number of amides is 1. The highest BCUT2D eigenvalue weighted by Crippen LogP contribution is 2.24. The summed E-state index contributed by atoms with van der Waals surface area (Å²) in [5, 5.41) is 9.46. The van der Waals surface area contributed by atoms with Gasteiger partial charge in [-0.3, -0.25) is 4.79 Å². The molecule has 0 aromatic heterocycles. The molecule has 124 valence electrons. The van der Waals surface area contributed by atoms with E-state index in [0.29, 0.717) is 12.2 Å². The first-order chi connectivity index (χ1) is 11.5. The molecule has 0 bridgehead atoms. The fraction of sp³-hybridized carbons (Fsp3) is 0.222. The number of nitrogens with zero attached hydrogens (tertiary/aromatic N) is 1. The first kappa shape index (κ1) is 16.5. The predicted octanol–water partition coefficient (Wildman–Crippen LogP) is 2.87. The standard InChI is InChI=1S/C18H16BrNO4/c19-14-5-7-15(8-6-14)24-11-17(21)20-10-13-4-2-1-3-12(13)9-16(20)18(22)23/h1-8,16H,9-11H2,(H,22,23)/t16-/m0/s1. The minimum atomic E-state index is -0.999. The van der Waals surface area contributed by atoms with Crippen molar-refractivity contribution in [3.63, 3.8) is 0 Å². The highest BCUT2D eigenvalue weighted by molar-refractivity contribution is 9.10. The number of fused-ring (bicyclic) bond motifs is 1. The Bertz CT molecular complexity index is 760. The van der Waals surface area contributed by atoms with Crippen molar-refractivity contribution in [2.75, 3.05) is 6.61 Å². The molecule has 0 radical (unpaired) electrons. The Kier molecular flexibility index (Phi) is 4.85. The molecule has 6 heteroatoms. The van der Waals surface area contributed by atoms with Gasteiger partial charge in [-0.2, -0.15) is 0 Å². The largest absolute Gasteiger partial charge is 0.484 e. The molecule has 2 aromatic rings. The summed E-state index contributed by atoms with van der Waals surface area (Å²) in [7, 11) is 0. The van der Waals surface area contributed by atoms with E-state index in [0.717, 1.165) is 15.6 Å². The van der Waals surface area contributed by atoms with Crippen molar-refractivity contribution in [3.05, 3.63) is 64.1 Å². The summed E-state index contributed by atoms with van der Waals surface area (Å²) in [6, 6.07) is 13.9. The van der Waals surface area contributed by atoms with Crippen LogP contribution in [0.4, 0.5) is 0 Å². The summed E-state index contributed by atoms with van der Waals surface area (Å²) in [5.41, 5.74) is 1.95. The van der Waals surface area contributed by atoms with Crippen molar-refractivity contribution in [1.29, 1.82) is 0 Å². The maximum atomic E-state index is 12.5. The first-order valence-electron chi connectivity index (χ1n) is 7.52. The molecular weight excluding hydrogens is 374 g/mol. The number of rotatable bonds is 4. The van der Waals surface area contributed by atoms with Crippen LogP contribution in [0.5, 0.6) is 5.75 Å². The van der Waals surface area contributed by atoms with Gasteiger partial charge in [0.05, 0.1) is 0 Å². The van der Waals surface area contributed by atoms with E-state index in [1.807, 2.05) is 36.4 Å². The molecule has 1 N–H and O–H groups in total. The van der Waals surface area contributed by atoms with Crippen molar-refractivity contribution in [2.24, 2.45) is 0 Å². The summed E-state index contributed by atoms with van der Waals surface area (Å²) < 4.78 is 6.40. The molecule has 0 saturated heterocycles. The summed E-state index contributed by atoms with van der Waals surface area (Å²) in [6.45, 7) is 0.100. The lowest BCUT2D eigenvalue weighted by molar-refractivity contribution is -0.152. The molecule has 0 spiro atoms. The third-order valence-corrected chi connectivity index (χ3v) is 4.56. The van der Waals surface area contributed by atoms with Gasteiger partial charge in [-0.1, -0.05) is 40.2 Å². The van der Waals surface area contributed by atoms with Gasteiger partial charge in [0.25, 0.3) is 5.91 Å². The fourth-order valence-electron chi connectivity index (χ4n) is 2.76. The zero-order valence-corrected chi connectivity index (χ0v) is 14.4. The van der Waals surface area contributed by atoms with Crippen LogP contribution in [-0.4, -0.2) is 34.5 Å². The van der Waals surface area contributed by atoms with Crippen LogP contribution in [0.1, 0.15) is 11.1 Å². The Hall–Kier alpha value is -2.34. The maximum absolute atomic E-state index is 12.5. The molecule has 1 aliphatic heterocycles. The number of carboxylic acid groups (broad SMARTS) is 1. The second-order valence-electron chi connectivity index (χ2n) is 5.59. The average Bonchev–Trinajstić information content (AvgIpc) is 2.59. The second-order valence-corrected chi connectivity index (χ2v) is 6.51. The normalized spacial score (nSPS) is 16.4. The number of aliphatic carboxylic acids is 1. The number of benzene rings is 2. The van der Waals surface area contributed by atoms with Crippen LogP contribution >= 0.6 is 15.9 Å². The second kappa shape index (κ2) is 7.05. The summed E-state index contributed by atoms with van der Waals surface area (Å²) in [4.78, 5) is 25.4. The smallest absolute Gasteiger partial charge is 0.326 e. The third-order valence-electron chi connectivity index (χ3n) is 4.03. The molecule has 3 rings (SSSR count). The lowest BCUT2D eigenvalue weighted by Crippen LogP contribution is -2.50. The quantitative estimate of drug-likeness (QED) is 0.872. The molecule has 1 aliphatic rings. The van der Waals surface area contributed by atoms with Gasteiger partial charge in [0.1, 0.15) is 11.8 Å². The molecule has 0 saturated carbocycles. The maximum Gasteiger partial charge on any atom is 0.326 e. The summed E-state index contributed by atoms with van der Waals surface area (Å²) in [6.07, 6.45) is 0.315. The molecule has 1 amide bonds. The van der Waals surface area contributed by atoms with Gasteiger partial charge in [-0.05, 0) is 35.4 Å². The van der Waals surface area contributed by atoms with Gasteiger partial charge >= 0.3 is 5.97 Å². The SMILES string of the molecule is O=C(O)[C@@H]1Cc2ccccc2CN1C(=O)COc1ccc(Br)cc1. The van der Waals surface area contributed by atoms with Crippen LogP contribution in [-0.2, 0) is 22.6 Å². The molecule has 5 nitrogen and oxygen atoms in total. The Morgan fingerprint density at radius 3 is 2.46 bits per heavy atom. The topological polar surface area (TPSA) is 66.8 Å². The Morgan fingerprint density at radius 1 is 1.12 bits per heavy atom. The highest BCUT2D eigenvalue weighted by Gasteiger charge is 2.34. The monoisotopic (exact) mass is 389 g/mol. The number of halogens is 1. The minimum absolute atomic E-state index is 0.187. The van der Waals surface area contributed by atoms with Gasteiger partial charge in [-0.15, -0.1) is 0 Å². The zero-order chi connectivity index (χ0) is 17.1. The van der Waals surface area contributed by atoms with Crippen LogP contribution in [0, 0.1) is 0 Å². The van der Waals surface area contributed by atoms with Gasteiger partial charge in [-0.25, -0.2) is 4.79 Å². The van der Waals surface area contributed by atoms with Crippen molar-refractivity contribution in [2.45, 2.75) is 19.0 Å². The number of carboxylic acids is 1. The van der Waals surface area contributed by atoms with E-state index in [-0.39, 0.29) is 19.1 Å². The van der Waals surface area contributed by atoms with E-state index in [9.17, 15) is 14.7 Å². The molecule has 0 fully saturated rings. The Balaban J connectivity index is 1.72. The molecule has 0 unspecified atom stereocenters. The van der Waals surface area contributed by atoms with Gasteiger partial charge in [0.2, 0.25) is 0 Å². The van der Waals surface area contributed by atoms with Crippen LogP contribution in [0.25, 0.3) is 0 Å². The molecule has 0 aliphatic carbocycles. The number of carbonyl (C=O) groups is 2. The summed E-state index contributed by atoms with van der Waals surface area (Å²) in [5.74, 6) is -0.767. The van der Waals surface area contributed by atoms with E-state index in [1.54, 1.807) is 12.1 Å². The average molecular weight is 390 g/mol. The number of hydrogen-bond acceptors (Lipinski definition) is 3. The molecule has 24 heavy (non-hydrogen) atoms. The molecule has 1 atom stereocenters. The third kappa shape index (κ3) is 3.59. The minimum Gasteiger partial charge on any atom is -0.484 e.